The molecular formula is C28H26N2O6. The van der Waals surface area contributed by atoms with Gasteiger partial charge in [0.25, 0.3) is 11.8 Å². The summed E-state index contributed by atoms with van der Waals surface area (Å²) in [6.07, 6.45) is 1.41. The highest BCUT2D eigenvalue weighted by molar-refractivity contribution is 6.39. The molecule has 1 aliphatic heterocycles. The van der Waals surface area contributed by atoms with Gasteiger partial charge in [-0.05, 0) is 61.9 Å². The molecular weight excluding hydrogens is 460 g/mol. The van der Waals surface area contributed by atoms with E-state index in [9.17, 15) is 14.4 Å². The van der Waals surface area contributed by atoms with Gasteiger partial charge in [-0.25, -0.2) is 9.69 Å². The van der Waals surface area contributed by atoms with Crippen molar-refractivity contribution in [1.29, 1.82) is 0 Å². The van der Waals surface area contributed by atoms with Gasteiger partial charge in [0.2, 0.25) is 0 Å². The summed E-state index contributed by atoms with van der Waals surface area (Å²) >= 11 is 0. The number of nitrogens with zero attached hydrogens (tertiary/aromatic N) is 1. The van der Waals surface area contributed by atoms with Crippen LogP contribution in [-0.4, -0.2) is 32.1 Å². The van der Waals surface area contributed by atoms with E-state index in [-0.39, 0.29) is 12.2 Å². The molecule has 0 saturated carbocycles. The largest absolute Gasteiger partial charge is 0.497 e. The number of amides is 4. The fraction of sp³-hybridized carbons (Fsp3) is 0.179. The van der Waals surface area contributed by atoms with E-state index in [2.05, 4.69) is 11.4 Å². The van der Waals surface area contributed by atoms with Crippen molar-refractivity contribution >= 4 is 29.6 Å². The Bertz CT molecular complexity index is 1340. The molecule has 0 radical (unpaired) electrons. The van der Waals surface area contributed by atoms with Gasteiger partial charge < -0.3 is 14.2 Å². The van der Waals surface area contributed by atoms with Crippen LogP contribution in [0.5, 0.6) is 17.2 Å². The molecule has 4 rings (SSSR count). The number of anilines is 1. The Labute approximate surface area is 209 Å². The molecule has 1 aliphatic rings. The SMILES string of the molecule is COc1ccc(N2C(=O)NC(=O)/C(=C\c3ccc(OC)cc3OCc3cc(C)cc(C)c3)C2=O)cc1. The van der Waals surface area contributed by atoms with Crippen molar-refractivity contribution in [2.75, 3.05) is 19.1 Å². The molecule has 0 atom stereocenters. The number of aryl methyl sites for hydroxylation is 2. The van der Waals surface area contributed by atoms with Gasteiger partial charge in [0, 0.05) is 11.6 Å². The van der Waals surface area contributed by atoms with E-state index < -0.39 is 17.8 Å². The fourth-order valence-corrected chi connectivity index (χ4v) is 3.98. The van der Waals surface area contributed by atoms with Gasteiger partial charge >= 0.3 is 6.03 Å². The number of nitrogens with one attached hydrogen (secondary N) is 1. The minimum absolute atomic E-state index is 0.202. The highest BCUT2D eigenvalue weighted by Crippen LogP contribution is 2.30. The highest BCUT2D eigenvalue weighted by atomic mass is 16.5. The number of barbiturate groups is 1. The maximum Gasteiger partial charge on any atom is 0.335 e. The van der Waals surface area contributed by atoms with E-state index in [4.69, 9.17) is 14.2 Å². The van der Waals surface area contributed by atoms with Crippen LogP contribution in [0.1, 0.15) is 22.3 Å². The molecule has 1 fully saturated rings. The summed E-state index contributed by atoms with van der Waals surface area (Å²) in [5, 5.41) is 2.23. The average Bonchev–Trinajstić information content (AvgIpc) is 2.85. The number of hydrogen-bond acceptors (Lipinski definition) is 6. The van der Waals surface area contributed by atoms with E-state index in [1.54, 1.807) is 42.5 Å². The van der Waals surface area contributed by atoms with Gasteiger partial charge in [-0.15, -0.1) is 0 Å². The molecule has 4 amide bonds. The van der Waals surface area contributed by atoms with Crippen LogP contribution in [0.4, 0.5) is 10.5 Å². The van der Waals surface area contributed by atoms with Crippen LogP contribution in [0.2, 0.25) is 0 Å². The number of carbonyl (C=O) groups excluding carboxylic acids is 3. The standard InChI is InChI=1S/C28H26N2O6/c1-17-11-18(2)13-19(12-17)16-36-25-15-23(35-4)8-5-20(25)14-24-26(31)29-28(33)30(27(24)32)21-6-9-22(34-3)10-7-21/h5-15H,16H2,1-4H3,(H,29,31,33)/b24-14+. The van der Waals surface area contributed by atoms with Crippen LogP contribution in [0.15, 0.2) is 66.2 Å². The number of urea groups is 1. The molecule has 0 bridgehead atoms. The average molecular weight is 487 g/mol. The lowest BCUT2D eigenvalue weighted by atomic mass is 10.1. The van der Waals surface area contributed by atoms with Crippen molar-refractivity contribution in [2.24, 2.45) is 0 Å². The molecule has 3 aromatic carbocycles. The van der Waals surface area contributed by atoms with Crippen molar-refractivity contribution < 1.29 is 28.6 Å². The Hall–Kier alpha value is -4.59. The summed E-state index contributed by atoms with van der Waals surface area (Å²) in [6, 6.07) is 16.8. The first kappa shape index (κ1) is 24.5. The minimum atomic E-state index is -0.826. The fourth-order valence-electron chi connectivity index (χ4n) is 3.98. The zero-order valence-electron chi connectivity index (χ0n) is 20.5. The summed E-state index contributed by atoms with van der Waals surface area (Å²) in [5.41, 5.74) is 3.81. The maximum absolute atomic E-state index is 13.3. The number of carbonyl (C=O) groups is 3. The normalized spacial score (nSPS) is 14.6. The zero-order valence-corrected chi connectivity index (χ0v) is 20.5. The van der Waals surface area contributed by atoms with Crippen molar-refractivity contribution in [3.63, 3.8) is 0 Å². The van der Waals surface area contributed by atoms with Crippen molar-refractivity contribution in [2.45, 2.75) is 20.5 Å². The summed E-state index contributed by atoms with van der Waals surface area (Å²) in [7, 11) is 3.06. The molecule has 0 aliphatic carbocycles. The Morgan fingerprint density at radius 1 is 0.833 bits per heavy atom. The Morgan fingerprint density at radius 2 is 1.47 bits per heavy atom. The predicted molar refractivity (Wildman–Crippen MR) is 135 cm³/mol. The maximum atomic E-state index is 13.3. The quantitative estimate of drug-likeness (QED) is 0.389. The lowest BCUT2D eigenvalue weighted by Gasteiger charge is -2.26. The summed E-state index contributed by atoms with van der Waals surface area (Å²) in [4.78, 5) is 39.3. The Balaban J connectivity index is 1.67. The summed E-state index contributed by atoms with van der Waals surface area (Å²) in [5.74, 6) is 0.0201. The molecule has 0 aromatic heterocycles. The molecule has 1 N–H and O–H groups in total. The molecule has 8 nitrogen and oxygen atoms in total. The first-order valence-electron chi connectivity index (χ1n) is 11.2. The molecule has 3 aromatic rings. The molecule has 36 heavy (non-hydrogen) atoms. The first-order chi connectivity index (χ1) is 17.3. The van der Waals surface area contributed by atoms with Crippen molar-refractivity contribution in [3.05, 3.63) is 88.5 Å². The second-order valence-corrected chi connectivity index (χ2v) is 8.34. The van der Waals surface area contributed by atoms with E-state index in [1.165, 1.54) is 20.3 Å². The smallest absolute Gasteiger partial charge is 0.335 e. The molecule has 8 heteroatoms. The summed E-state index contributed by atoms with van der Waals surface area (Å²) < 4.78 is 16.5. The van der Waals surface area contributed by atoms with E-state index in [0.29, 0.717) is 28.5 Å². The summed E-state index contributed by atoms with van der Waals surface area (Å²) in [6.45, 7) is 4.31. The van der Waals surface area contributed by atoms with Crippen molar-refractivity contribution in [1.82, 2.24) is 5.32 Å². The van der Waals surface area contributed by atoms with Crippen LogP contribution < -0.4 is 24.4 Å². The van der Waals surface area contributed by atoms with Gasteiger partial charge in [0.15, 0.2) is 0 Å². The molecule has 1 heterocycles. The third-order valence-electron chi connectivity index (χ3n) is 5.63. The van der Waals surface area contributed by atoms with Gasteiger partial charge in [-0.1, -0.05) is 29.3 Å². The van der Waals surface area contributed by atoms with Crippen LogP contribution in [0, 0.1) is 13.8 Å². The van der Waals surface area contributed by atoms with Crippen LogP contribution in [0.3, 0.4) is 0 Å². The number of rotatable bonds is 7. The third-order valence-corrected chi connectivity index (χ3v) is 5.63. The third kappa shape index (κ3) is 5.22. The molecule has 184 valence electrons. The number of benzene rings is 3. The number of hydrogen-bond donors (Lipinski definition) is 1. The Kier molecular flexibility index (Phi) is 7.05. The van der Waals surface area contributed by atoms with Gasteiger partial charge in [0.05, 0.1) is 19.9 Å². The Morgan fingerprint density at radius 3 is 2.11 bits per heavy atom. The van der Waals surface area contributed by atoms with E-state index >= 15 is 0 Å². The lowest BCUT2D eigenvalue weighted by Crippen LogP contribution is -2.54. The highest BCUT2D eigenvalue weighted by Gasteiger charge is 2.37. The van der Waals surface area contributed by atoms with Crippen LogP contribution in [-0.2, 0) is 16.2 Å². The van der Waals surface area contributed by atoms with Crippen LogP contribution >= 0.6 is 0 Å². The molecule has 1 saturated heterocycles. The number of imide groups is 2. The number of ether oxygens (including phenoxy) is 3. The first-order valence-corrected chi connectivity index (χ1v) is 11.2. The minimum Gasteiger partial charge on any atom is -0.497 e. The van der Waals surface area contributed by atoms with Gasteiger partial charge in [-0.2, -0.15) is 0 Å². The topological polar surface area (TPSA) is 94.2 Å². The van der Waals surface area contributed by atoms with Gasteiger partial charge in [-0.3, -0.25) is 14.9 Å². The second kappa shape index (κ2) is 10.4. The van der Waals surface area contributed by atoms with Crippen LogP contribution in [0.25, 0.3) is 6.08 Å². The van der Waals surface area contributed by atoms with E-state index in [0.717, 1.165) is 21.6 Å². The van der Waals surface area contributed by atoms with Crippen molar-refractivity contribution in [3.8, 4) is 17.2 Å². The zero-order chi connectivity index (χ0) is 25.8. The number of methoxy groups -OCH3 is 2. The lowest BCUT2D eigenvalue weighted by molar-refractivity contribution is -0.122. The predicted octanol–water partition coefficient (Wildman–Crippen LogP) is 4.57. The molecule has 0 unspecified atom stereocenters. The monoisotopic (exact) mass is 486 g/mol. The van der Waals surface area contributed by atoms with E-state index in [1.807, 2.05) is 26.0 Å². The second-order valence-electron chi connectivity index (χ2n) is 8.34. The molecule has 0 spiro atoms. The van der Waals surface area contributed by atoms with Gasteiger partial charge in [0.1, 0.15) is 29.4 Å².